The van der Waals surface area contributed by atoms with Crippen molar-refractivity contribution < 1.29 is 0 Å². The van der Waals surface area contributed by atoms with E-state index in [-0.39, 0.29) is 5.84 Å². The number of hydrogen-bond donors (Lipinski definition) is 2. The van der Waals surface area contributed by atoms with E-state index in [0.29, 0.717) is 5.56 Å². The lowest BCUT2D eigenvalue weighted by molar-refractivity contribution is 1.19. The Hall–Kier alpha value is -1.81. The Morgan fingerprint density at radius 3 is 2.32 bits per heavy atom. The van der Waals surface area contributed by atoms with Crippen molar-refractivity contribution in [2.75, 3.05) is 11.9 Å². The second kappa shape index (κ2) is 5.45. The van der Waals surface area contributed by atoms with Gasteiger partial charge in [-0.05, 0) is 53.2 Å². The zero-order chi connectivity index (χ0) is 14.0. The van der Waals surface area contributed by atoms with Crippen molar-refractivity contribution in [3.8, 4) is 0 Å². The second-order valence-corrected chi connectivity index (χ2v) is 5.33. The SMILES string of the molecule is Cc1ccc(N(C)c2ccc(C(=N)N)cc2Br)cc1. The lowest BCUT2D eigenvalue weighted by atomic mass is 10.1. The van der Waals surface area contributed by atoms with Gasteiger partial charge in [-0.1, -0.05) is 17.7 Å². The van der Waals surface area contributed by atoms with Gasteiger partial charge in [0.15, 0.2) is 0 Å². The molecule has 2 aromatic carbocycles. The summed E-state index contributed by atoms with van der Waals surface area (Å²) in [5, 5.41) is 7.44. The van der Waals surface area contributed by atoms with Crippen LogP contribution in [0.3, 0.4) is 0 Å². The molecule has 0 bridgehead atoms. The van der Waals surface area contributed by atoms with E-state index in [9.17, 15) is 0 Å². The summed E-state index contributed by atoms with van der Waals surface area (Å²) >= 11 is 3.53. The van der Waals surface area contributed by atoms with Crippen LogP contribution >= 0.6 is 15.9 Å². The largest absolute Gasteiger partial charge is 0.384 e. The number of rotatable bonds is 3. The maximum atomic E-state index is 7.44. The molecule has 0 atom stereocenters. The maximum Gasteiger partial charge on any atom is 0.122 e. The first kappa shape index (κ1) is 13.6. The normalized spacial score (nSPS) is 10.3. The summed E-state index contributed by atoms with van der Waals surface area (Å²) in [7, 11) is 2.01. The number of halogens is 1. The molecule has 0 heterocycles. The molecule has 0 fully saturated rings. The summed E-state index contributed by atoms with van der Waals surface area (Å²) in [5.74, 6) is 0.0743. The lowest BCUT2D eigenvalue weighted by Gasteiger charge is -2.21. The summed E-state index contributed by atoms with van der Waals surface area (Å²) < 4.78 is 0.920. The molecule has 0 aliphatic heterocycles. The molecule has 4 heteroatoms. The lowest BCUT2D eigenvalue weighted by Crippen LogP contribution is -2.13. The minimum atomic E-state index is 0.0743. The first-order chi connectivity index (χ1) is 8.99. The molecule has 0 saturated carbocycles. The molecular formula is C15H16BrN3. The zero-order valence-corrected chi connectivity index (χ0v) is 12.5. The third kappa shape index (κ3) is 2.96. The summed E-state index contributed by atoms with van der Waals surface area (Å²) in [6.07, 6.45) is 0. The number of benzene rings is 2. The fourth-order valence-corrected chi connectivity index (χ4v) is 2.50. The van der Waals surface area contributed by atoms with Crippen molar-refractivity contribution in [2.24, 2.45) is 5.73 Å². The number of nitrogen functional groups attached to an aromatic ring is 1. The molecule has 0 radical (unpaired) electrons. The molecule has 0 aliphatic rings. The average Bonchev–Trinajstić information content (AvgIpc) is 2.38. The molecule has 2 rings (SSSR count). The molecule has 3 nitrogen and oxygen atoms in total. The Morgan fingerprint density at radius 1 is 1.16 bits per heavy atom. The van der Waals surface area contributed by atoms with E-state index >= 15 is 0 Å². The van der Waals surface area contributed by atoms with Crippen molar-refractivity contribution in [2.45, 2.75) is 6.92 Å². The van der Waals surface area contributed by atoms with Crippen molar-refractivity contribution in [1.29, 1.82) is 5.41 Å². The number of nitrogens with two attached hydrogens (primary N) is 1. The molecule has 98 valence electrons. The van der Waals surface area contributed by atoms with Gasteiger partial charge in [-0.25, -0.2) is 0 Å². The van der Waals surface area contributed by atoms with Crippen LogP contribution in [0.2, 0.25) is 0 Å². The van der Waals surface area contributed by atoms with Gasteiger partial charge in [0, 0.05) is 22.8 Å². The van der Waals surface area contributed by atoms with Crippen LogP contribution in [0.1, 0.15) is 11.1 Å². The van der Waals surface area contributed by atoms with Crippen molar-refractivity contribution >= 4 is 33.1 Å². The number of aryl methyl sites for hydroxylation is 1. The van der Waals surface area contributed by atoms with Gasteiger partial charge in [-0.3, -0.25) is 5.41 Å². The Morgan fingerprint density at radius 2 is 1.79 bits per heavy atom. The predicted molar refractivity (Wildman–Crippen MR) is 84.4 cm³/mol. The summed E-state index contributed by atoms with van der Waals surface area (Å²) in [6.45, 7) is 2.07. The minimum absolute atomic E-state index is 0.0743. The maximum absolute atomic E-state index is 7.44. The monoisotopic (exact) mass is 317 g/mol. The van der Waals surface area contributed by atoms with Gasteiger partial charge in [-0.15, -0.1) is 0 Å². The molecule has 2 aromatic rings. The number of hydrogen-bond acceptors (Lipinski definition) is 2. The van der Waals surface area contributed by atoms with Gasteiger partial charge in [0.25, 0.3) is 0 Å². The highest BCUT2D eigenvalue weighted by Gasteiger charge is 2.09. The fourth-order valence-electron chi connectivity index (χ4n) is 1.85. The van der Waals surface area contributed by atoms with E-state index in [1.54, 1.807) is 0 Å². The van der Waals surface area contributed by atoms with Gasteiger partial charge in [0.05, 0.1) is 5.69 Å². The third-order valence-corrected chi connectivity index (χ3v) is 3.68. The Bertz CT molecular complexity index is 605. The molecule has 19 heavy (non-hydrogen) atoms. The topological polar surface area (TPSA) is 53.1 Å². The standard InChI is InChI=1S/C15H16BrN3/c1-10-3-6-12(7-4-10)19(2)14-8-5-11(15(17)18)9-13(14)16/h3-9H,1-2H3,(H3,17,18). The third-order valence-electron chi connectivity index (χ3n) is 3.04. The Balaban J connectivity index is 2.36. The molecule has 3 N–H and O–H groups in total. The fraction of sp³-hybridized carbons (Fsp3) is 0.133. The van der Waals surface area contributed by atoms with Gasteiger partial charge >= 0.3 is 0 Å². The summed E-state index contributed by atoms with van der Waals surface area (Å²) in [6, 6.07) is 14.0. The van der Waals surface area contributed by atoms with E-state index in [1.807, 2.05) is 25.2 Å². The van der Waals surface area contributed by atoms with Gasteiger partial charge in [0.2, 0.25) is 0 Å². The highest BCUT2D eigenvalue weighted by Crippen LogP contribution is 2.31. The second-order valence-electron chi connectivity index (χ2n) is 4.47. The van der Waals surface area contributed by atoms with Crippen LogP contribution in [0.4, 0.5) is 11.4 Å². The van der Waals surface area contributed by atoms with Crippen LogP contribution in [-0.4, -0.2) is 12.9 Å². The summed E-state index contributed by atoms with van der Waals surface area (Å²) in [4.78, 5) is 2.09. The van der Waals surface area contributed by atoms with E-state index in [4.69, 9.17) is 11.1 Å². The van der Waals surface area contributed by atoms with E-state index < -0.39 is 0 Å². The van der Waals surface area contributed by atoms with Crippen molar-refractivity contribution in [3.63, 3.8) is 0 Å². The number of nitrogens with zero attached hydrogens (tertiary/aromatic N) is 1. The van der Waals surface area contributed by atoms with E-state index in [0.717, 1.165) is 15.8 Å². The quantitative estimate of drug-likeness (QED) is 0.668. The number of nitrogens with one attached hydrogen (secondary N) is 1. The van der Waals surface area contributed by atoms with E-state index in [2.05, 4.69) is 52.0 Å². The molecular weight excluding hydrogens is 302 g/mol. The molecule has 0 aromatic heterocycles. The Labute approximate surface area is 121 Å². The van der Waals surface area contributed by atoms with Crippen LogP contribution in [0.15, 0.2) is 46.9 Å². The highest BCUT2D eigenvalue weighted by atomic mass is 79.9. The van der Waals surface area contributed by atoms with Gasteiger partial charge in [0.1, 0.15) is 5.84 Å². The molecule has 0 amide bonds. The van der Waals surface area contributed by atoms with Crippen molar-refractivity contribution in [1.82, 2.24) is 0 Å². The van der Waals surface area contributed by atoms with Gasteiger partial charge in [-0.2, -0.15) is 0 Å². The number of amidine groups is 1. The van der Waals surface area contributed by atoms with Crippen LogP contribution in [0.5, 0.6) is 0 Å². The van der Waals surface area contributed by atoms with Crippen LogP contribution < -0.4 is 10.6 Å². The predicted octanol–water partition coefficient (Wildman–Crippen LogP) is 3.81. The smallest absolute Gasteiger partial charge is 0.122 e. The first-order valence-corrected chi connectivity index (χ1v) is 6.72. The zero-order valence-electron chi connectivity index (χ0n) is 10.9. The highest BCUT2D eigenvalue weighted by molar-refractivity contribution is 9.10. The first-order valence-electron chi connectivity index (χ1n) is 5.93. The summed E-state index contributed by atoms with van der Waals surface area (Å²) in [5.41, 5.74) is 9.59. The van der Waals surface area contributed by atoms with E-state index in [1.165, 1.54) is 5.56 Å². The number of anilines is 2. The van der Waals surface area contributed by atoms with Gasteiger partial charge < -0.3 is 10.6 Å². The van der Waals surface area contributed by atoms with Crippen LogP contribution in [-0.2, 0) is 0 Å². The minimum Gasteiger partial charge on any atom is -0.384 e. The Kier molecular flexibility index (Phi) is 3.90. The molecule has 0 saturated heterocycles. The van der Waals surface area contributed by atoms with Crippen LogP contribution in [0.25, 0.3) is 0 Å². The average molecular weight is 318 g/mol. The molecule has 0 spiro atoms. The molecule has 0 unspecified atom stereocenters. The van der Waals surface area contributed by atoms with Crippen LogP contribution in [0, 0.1) is 12.3 Å². The molecule has 0 aliphatic carbocycles. The van der Waals surface area contributed by atoms with Crippen molar-refractivity contribution in [3.05, 3.63) is 58.1 Å².